The summed E-state index contributed by atoms with van der Waals surface area (Å²) in [5, 5.41) is 0.629. The Balaban J connectivity index is 1.46. The molecule has 1 saturated heterocycles. The minimum Gasteiger partial charge on any atom is -0.435 e. The minimum absolute atomic E-state index is 0.0223. The Labute approximate surface area is 172 Å². The van der Waals surface area contributed by atoms with Crippen LogP contribution >= 0.6 is 11.6 Å². The third-order valence-corrected chi connectivity index (χ3v) is 5.01. The first kappa shape index (κ1) is 21.0. The van der Waals surface area contributed by atoms with Crippen LogP contribution in [0, 0.1) is 0 Å². The molecule has 0 aliphatic carbocycles. The van der Waals surface area contributed by atoms with Crippen LogP contribution in [0.15, 0.2) is 48.5 Å². The number of alkyl halides is 2. The number of ether oxygens (including phenoxy) is 1. The normalized spacial score (nSPS) is 14.2. The summed E-state index contributed by atoms with van der Waals surface area (Å²) < 4.78 is 28.7. The van der Waals surface area contributed by atoms with E-state index in [2.05, 4.69) is 4.74 Å². The van der Waals surface area contributed by atoms with Crippen molar-refractivity contribution < 1.29 is 23.1 Å². The van der Waals surface area contributed by atoms with Gasteiger partial charge in [-0.1, -0.05) is 35.9 Å². The standard InChI is InChI=1S/C21H21ClF2N2O3/c22-17-5-1-15(2-6-17)13-19(27)25-9-11-26(12-10-25)20(28)14-16-3-7-18(8-4-16)29-21(23)24/h1-8,21H,9-14H2. The molecule has 1 aliphatic rings. The van der Waals surface area contributed by atoms with E-state index in [0.29, 0.717) is 37.6 Å². The smallest absolute Gasteiger partial charge is 0.387 e. The average molecular weight is 423 g/mol. The Kier molecular flexibility index (Phi) is 7.04. The number of hydrogen-bond acceptors (Lipinski definition) is 3. The van der Waals surface area contributed by atoms with E-state index in [1.54, 1.807) is 34.1 Å². The van der Waals surface area contributed by atoms with Crippen molar-refractivity contribution in [3.8, 4) is 5.75 Å². The first-order valence-corrected chi connectivity index (χ1v) is 9.62. The number of halogens is 3. The maximum absolute atomic E-state index is 12.5. The first-order chi connectivity index (χ1) is 13.9. The minimum atomic E-state index is -2.87. The van der Waals surface area contributed by atoms with Gasteiger partial charge in [0.25, 0.3) is 0 Å². The number of hydrogen-bond donors (Lipinski definition) is 0. The topological polar surface area (TPSA) is 49.9 Å². The van der Waals surface area contributed by atoms with Crippen molar-refractivity contribution in [3.63, 3.8) is 0 Å². The fourth-order valence-corrected chi connectivity index (χ4v) is 3.30. The van der Waals surface area contributed by atoms with E-state index < -0.39 is 6.61 Å². The second-order valence-electron chi connectivity index (χ2n) is 6.76. The van der Waals surface area contributed by atoms with E-state index >= 15 is 0 Å². The van der Waals surface area contributed by atoms with Crippen LogP contribution in [-0.2, 0) is 22.4 Å². The maximum atomic E-state index is 12.5. The number of amides is 2. The first-order valence-electron chi connectivity index (χ1n) is 9.24. The number of carbonyl (C=O) groups excluding carboxylic acids is 2. The van der Waals surface area contributed by atoms with Crippen LogP contribution in [-0.4, -0.2) is 54.4 Å². The van der Waals surface area contributed by atoms with Gasteiger partial charge in [-0.15, -0.1) is 0 Å². The summed E-state index contributed by atoms with van der Waals surface area (Å²) in [6.07, 6.45) is 0.478. The number of piperazine rings is 1. The predicted molar refractivity (Wildman–Crippen MR) is 105 cm³/mol. The lowest BCUT2D eigenvalue weighted by Crippen LogP contribution is -2.51. The van der Waals surface area contributed by atoms with Crippen molar-refractivity contribution in [2.45, 2.75) is 19.5 Å². The van der Waals surface area contributed by atoms with Crippen molar-refractivity contribution in [1.82, 2.24) is 9.80 Å². The Bertz CT molecular complexity index is 836. The van der Waals surface area contributed by atoms with Gasteiger partial charge >= 0.3 is 6.61 Å². The molecule has 0 aromatic heterocycles. The van der Waals surface area contributed by atoms with E-state index in [9.17, 15) is 18.4 Å². The van der Waals surface area contributed by atoms with E-state index in [-0.39, 0.29) is 24.0 Å². The van der Waals surface area contributed by atoms with Gasteiger partial charge < -0.3 is 14.5 Å². The second kappa shape index (κ2) is 9.69. The van der Waals surface area contributed by atoms with Crippen LogP contribution in [0.2, 0.25) is 5.02 Å². The SMILES string of the molecule is O=C(Cc1ccc(Cl)cc1)N1CCN(C(=O)Cc2ccc(OC(F)F)cc2)CC1. The molecule has 29 heavy (non-hydrogen) atoms. The van der Waals surface area contributed by atoms with Gasteiger partial charge in [0, 0.05) is 31.2 Å². The second-order valence-corrected chi connectivity index (χ2v) is 7.20. The van der Waals surface area contributed by atoms with Crippen LogP contribution in [0.3, 0.4) is 0 Å². The monoisotopic (exact) mass is 422 g/mol. The van der Waals surface area contributed by atoms with Crippen LogP contribution in [0.4, 0.5) is 8.78 Å². The third kappa shape index (κ3) is 6.15. The van der Waals surface area contributed by atoms with Crippen molar-refractivity contribution in [3.05, 3.63) is 64.7 Å². The summed E-state index contributed by atoms with van der Waals surface area (Å²) in [6.45, 7) is -0.963. The Morgan fingerprint density at radius 1 is 0.828 bits per heavy atom. The zero-order chi connectivity index (χ0) is 20.8. The molecule has 8 heteroatoms. The number of carbonyl (C=O) groups is 2. The molecule has 0 atom stereocenters. The lowest BCUT2D eigenvalue weighted by Gasteiger charge is -2.35. The van der Waals surface area contributed by atoms with Crippen LogP contribution in [0.25, 0.3) is 0 Å². The molecule has 3 rings (SSSR count). The summed E-state index contributed by atoms with van der Waals surface area (Å²) in [5.41, 5.74) is 1.62. The largest absolute Gasteiger partial charge is 0.435 e. The fourth-order valence-electron chi connectivity index (χ4n) is 3.17. The zero-order valence-corrected chi connectivity index (χ0v) is 16.4. The van der Waals surface area contributed by atoms with Crippen molar-refractivity contribution in [1.29, 1.82) is 0 Å². The molecular weight excluding hydrogens is 402 g/mol. The summed E-state index contributed by atoms with van der Waals surface area (Å²) >= 11 is 5.86. The van der Waals surface area contributed by atoms with Gasteiger partial charge in [0.05, 0.1) is 12.8 Å². The van der Waals surface area contributed by atoms with Crippen molar-refractivity contribution in [2.75, 3.05) is 26.2 Å². The summed E-state index contributed by atoms with van der Waals surface area (Å²) in [4.78, 5) is 28.4. The maximum Gasteiger partial charge on any atom is 0.387 e. The highest BCUT2D eigenvalue weighted by Crippen LogP contribution is 2.16. The van der Waals surface area contributed by atoms with Gasteiger partial charge in [0.15, 0.2) is 0 Å². The molecule has 0 bridgehead atoms. The average Bonchev–Trinajstić information content (AvgIpc) is 2.71. The molecule has 2 aromatic rings. The van der Waals surface area contributed by atoms with Gasteiger partial charge in [-0.25, -0.2) is 0 Å². The molecule has 0 spiro atoms. The summed E-state index contributed by atoms with van der Waals surface area (Å²) in [6, 6.07) is 13.2. The fraction of sp³-hybridized carbons (Fsp3) is 0.333. The zero-order valence-electron chi connectivity index (χ0n) is 15.7. The summed E-state index contributed by atoms with van der Waals surface area (Å²) in [7, 11) is 0. The molecule has 154 valence electrons. The lowest BCUT2D eigenvalue weighted by molar-refractivity contribution is -0.138. The van der Waals surface area contributed by atoms with Crippen LogP contribution in [0.5, 0.6) is 5.75 Å². The highest BCUT2D eigenvalue weighted by atomic mass is 35.5. The molecule has 1 heterocycles. The highest BCUT2D eigenvalue weighted by molar-refractivity contribution is 6.30. The molecular formula is C21H21ClF2N2O3. The van der Waals surface area contributed by atoms with Gasteiger partial charge in [0.1, 0.15) is 5.75 Å². The molecule has 0 saturated carbocycles. The van der Waals surface area contributed by atoms with Gasteiger partial charge in [-0.3, -0.25) is 9.59 Å². The van der Waals surface area contributed by atoms with E-state index in [1.807, 2.05) is 12.1 Å². The molecule has 0 radical (unpaired) electrons. The van der Waals surface area contributed by atoms with E-state index in [1.165, 1.54) is 12.1 Å². The Hall–Kier alpha value is -2.67. The molecule has 1 aliphatic heterocycles. The number of rotatable bonds is 6. The van der Waals surface area contributed by atoms with Crippen molar-refractivity contribution in [2.24, 2.45) is 0 Å². The van der Waals surface area contributed by atoms with Crippen molar-refractivity contribution >= 4 is 23.4 Å². The van der Waals surface area contributed by atoms with E-state index in [0.717, 1.165) is 11.1 Å². The third-order valence-electron chi connectivity index (χ3n) is 4.76. The highest BCUT2D eigenvalue weighted by Gasteiger charge is 2.24. The van der Waals surface area contributed by atoms with Crippen LogP contribution in [0.1, 0.15) is 11.1 Å². The predicted octanol–water partition coefficient (Wildman–Crippen LogP) is 3.40. The van der Waals surface area contributed by atoms with Gasteiger partial charge in [0.2, 0.25) is 11.8 Å². The Morgan fingerprint density at radius 3 is 1.66 bits per heavy atom. The molecule has 1 fully saturated rings. The quantitative estimate of drug-likeness (QED) is 0.717. The molecule has 2 aromatic carbocycles. The van der Waals surface area contributed by atoms with Gasteiger partial charge in [-0.05, 0) is 35.4 Å². The van der Waals surface area contributed by atoms with Gasteiger partial charge in [-0.2, -0.15) is 8.78 Å². The number of benzene rings is 2. The molecule has 2 amide bonds. The summed E-state index contributed by atoms with van der Waals surface area (Å²) in [5.74, 6) is 0.0235. The molecule has 0 unspecified atom stereocenters. The van der Waals surface area contributed by atoms with E-state index in [4.69, 9.17) is 11.6 Å². The van der Waals surface area contributed by atoms with Crippen LogP contribution < -0.4 is 4.74 Å². The molecule has 5 nitrogen and oxygen atoms in total. The Morgan fingerprint density at radius 2 is 1.24 bits per heavy atom. The number of nitrogens with zero attached hydrogens (tertiary/aromatic N) is 2. The lowest BCUT2D eigenvalue weighted by atomic mass is 10.1. The molecule has 0 N–H and O–H groups in total.